The molecule has 3 nitrogen and oxygen atoms in total. The lowest BCUT2D eigenvalue weighted by Crippen LogP contribution is -2.43. The van der Waals surface area contributed by atoms with E-state index >= 15 is 0 Å². The van der Waals surface area contributed by atoms with E-state index in [1.165, 1.54) is 6.42 Å². The average Bonchev–Trinajstić information content (AvgIpc) is 2.70. The molecule has 0 saturated carbocycles. The van der Waals surface area contributed by atoms with Crippen molar-refractivity contribution in [2.24, 2.45) is 5.73 Å². The Labute approximate surface area is 103 Å². The highest BCUT2D eigenvalue weighted by Gasteiger charge is 2.25. The second-order valence-corrected chi connectivity index (χ2v) is 6.10. The Bertz CT molecular complexity index is 197. The van der Waals surface area contributed by atoms with E-state index in [4.69, 9.17) is 10.5 Å². The fourth-order valence-electron chi connectivity index (χ4n) is 1.96. The first-order valence-corrected chi connectivity index (χ1v) is 7.29. The van der Waals surface area contributed by atoms with Gasteiger partial charge in [0.05, 0.1) is 12.7 Å². The first-order valence-electron chi connectivity index (χ1n) is 6.24. The van der Waals surface area contributed by atoms with Gasteiger partial charge in [0, 0.05) is 17.4 Å². The van der Waals surface area contributed by atoms with E-state index in [2.05, 4.69) is 6.92 Å². The molecule has 0 bridgehead atoms. The second-order valence-electron chi connectivity index (χ2n) is 4.75. The van der Waals surface area contributed by atoms with Crippen LogP contribution in [0, 0.1) is 0 Å². The van der Waals surface area contributed by atoms with Gasteiger partial charge in [-0.3, -0.25) is 0 Å². The number of ether oxygens (including phenoxy) is 1. The minimum atomic E-state index is -0.363. The highest BCUT2D eigenvalue weighted by Crippen LogP contribution is 2.27. The molecule has 3 N–H and O–H groups in total. The highest BCUT2D eigenvalue weighted by molar-refractivity contribution is 7.99. The van der Waals surface area contributed by atoms with Crippen LogP contribution in [-0.2, 0) is 4.74 Å². The maximum Gasteiger partial charge on any atom is 0.0666 e. The maximum atomic E-state index is 9.19. The molecule has 0 spiro atoms. The predicted molar refractivity (Wildman–Crippen MR) is 69.8 cm³/mol. The second kappa shape index (κ2) is 6.84. The molecular weight excluding hydrogens is 222 g/mol. The lowest BCUT2D eigenvalue weighted by Gasteiger charge is -2.25. The molecule has 0 aliphatic carbocycles. The third-order valence-electron chi connectivity index (χ3n) is 3.48. The Balaban J connectivity index is 2.11. The largest absolute Gasteiger partial charge is 0.394 e. The number of nitrogens with two attached hydrogens (primary N) is 1. The third-order valence-corrected chi connectivity index (χ3v) is 5.05. The lowest BCUT2D eigenvalue weighted by atomic mass is 9.93. The predicted octanol–water partition coefficient (Wildman–Crippen LogP) is 1.78. The summed E-state index contributed by atoms with van der Waals surface area (Å²) in [6, 6.07) is 0. The molecule has 0 radical (unpaired) electrons. The van der Waals surface area contributed by atoms with Crippen molar-refractivity contribution >= 4 is 11.8 Å². The first kappa shape index (κ1) is 14.3. The summed E-state index contributed by atoms with van der Waals surface area (Å²) in [5.74, 6) is 1.12. The van der Waals surface area contributed by atoms with E-state index in [-0.39, 0.29) is 12.1 Å². The number of aliphatic hydroxyl groups is 1. The summed E-state index contributed by atoms with van der Waals surface area (Å²) in [6.07, 6.45) is 4.41. The van der Waals surface area contributed by atoms with E-state index in [1.54, 1.807) is 0 Å². The highest BCUT2D eigenvalue weighted by atomic mass is 32.2. The van der Waals surface area contributed by atoms with Crippen molar-refractivity contribution in [2.45, 2.75) is 56.4 Å². The van der Waals surface area contributed by atoms with Gasteiger partial charge in [-0.05, 0) is 38.4 Å². The van der Waals surface area contributed by atoms with Crippen molar-refractivity contribution in [2.75, 3.05) is 19.0 Å². The van der Waals surface area contributed by atoms with E-state index in [1.807, 2.05) is 18.7 Å². The van der Waals surface area contributed by atoms with E-state index in [0.717, 1.165) is 31.6 Å². The SMILES string of the molecule is CCC(N)(CO)CCCSC1CCOC1C. The minimum Gasteiger partial charge on any atom is -0.394 e. The van der Waals surface area contributed by atoms with Crippen LogP contribution in [0.4, 0.5) is 0 Å². The molecule has 0 amide bonds. The van der Waals surface area contributed by atoms with Gasteiger partial charge in [-0.1, -0.05) is 6.92 Å². The molecule has 3 unspecified atom stereocenters. The van der Waals surface area contributed by atoms with Crippen LogP contribution in [0.5, 0.6) is 0 Å². The van der Waals surface area contributed by atoms with Gasteiger partial charge in [0.25, 0.3) is 0 Å². The Hall–Kier alpha value is 0.230. The van der Waals surface area contributed by atoms with Crippen LogP contribution in [0.1, 0.15) is 39.5 Å². The number of hydrogen-bond donors (Lipinski definition) is 2. The summed E-state index contributed by atoms with van der Waals surface area (Å²) in [5.41, 5.74) is 5.67. The molecule has 96 valence electrons. The molecule has 3 atom stereocenters. The minimum absolute atomic E-state index is 0.0944. The topological polar surface area (TPSA) is 55.5 Å². The van der Waals surface area contributed by atoms with E-state index in [0.29, 0.717) is 11.4 Å². The number of hydrogen-bond acceptors (Lipinski definition) is 4. The Kier molecular flexibility index (Phi) is 6.11. The van der Waals surface area contributed by atoms with Crippen LogP contribution < -0.4 is 5.73 Å². The van der Waals surface area contributed by atoms with Gasteiger partial charge in [0.1, 0.15) is 0 Å². The quantitative estimate of drug-likeness (QED) is 0.673. The molecule has 4 heteroatoms. The van der Waals surface area contributed by atoms with Gasteiger partial charge in [-0.2, -0.15) is 11.8 Å². The number of aliphatic hydroxyl groups excluding tert-OH is 1. The standard InChI is InChI=1S/C12H25NO2S/c1-3-12(13,9-14)6-4-8-16-11-5-7-15-10(11)2/h10-11,14H,3-9,13H2,1-2H3. The number of thioether (sulfide) groups is 1. The molecule has 1 aliphatic rings. The smallest absolute Gasteiger partial charge is 0.0666 e. The molecule has 0 aromatic rings. The summed E-state index contributed by atoms with van der Waals surface area (Å²) in [5, 5.41) is 9.84. The monoisotopic (exact) mass is 247 g/mol. The molecular formula is C12H25NO2S. The Morgan fingerprint density at radius 3 is 2.81 bits per heavy atom. The van der Waals surface area contributed by atoms with Gasteiger partial charge in [-0.15, -0.1) is 0 Å². The van der Waals surface area contributed by atoms with Gasteiger partial charge in [0.15, 0.2) is 0 Å². The zero-order valence-corrected chi connectivity index (χ0v) is 11.3. The molecule has 0 aromatic heterocycles. The normalized spacial score (nSPS) is 29.2. The molecule has 1 aliphatic heterocycles. The molecule has 1 saturated heterocycles. The molecule has 0 aromatic carbocycles. The van der Waals surface area contributed by atoms with E-state index < -0.39 is 0 Å². The van der Waals surface area contributed by atoms with Crippen molar-refractivity contribution in [1.29, 1.82) is 0 Å². The van der Waals surface area contributed by atoms with Crippen LogP contribution in [0.25, 0.3) is 0 Å². The van der Waals surface area contributed by atoms with Crippen LogP contribution in [0.2, 0.25) is 0 Å². The van der Waals surface area contributed by atoms with Crippen LogP contribution >= 0.6 is 11.8 Å². The van der Waals surface area contributed by atoms with Crippen molar-refractivity contribution in [3.8, 4) is 0 Å². The van der Waals surface area contributed by atoms with Crippen molar-refractivity contribution < 1.29 is 9.84 Å². The summed E-state index contributed by atoms with van der Waals surface area (Å²) in [6.45, 7) is 5.19. The van der Waals surface area contributed by atoms with Gasteiger partial charge in [0.2, 0.25) is 0 Å². The third kappa shape index (κ3) is 4.24. The van der Waals surface area contributed by atoms with Gasteiger partial charge in [-0.25, -0.2) is 0 Å². The summed E-state index contributed by atoms with van der Waals surface area (Å²) < 4.78 is 5.52. The first-order chi connectivity index (χ1) is 7.61. The van der Waals surface area contributed by atoms with Gasteiger partial charge < -0.3 is 15.6 Å². The number of rotatable bonds is 7. The fourth-order valence-corrected chi connectivity index (χ4v) is 3.18. The van der Waals surface area contributed by atoms with Crippen molar-refractivity contribution in [3.05, 3.63) is 0 Å². The summed E-state index contributed by atoms with van der Waals surface area (Å²) >= 11 is 1.99. The van der Waals surface area contributed by atoms with Gasteiger partial charge >= 0.3 is 0 Å². The Morgan fingerprint density at radius 1 is 1.56 bits per heavy atom. The van der Waals surface area contributed by atoms with Crippen molar-refractivity contribution in [3.63, 3.8) is 0 Å². The summed E-state index contributed by atoms with van der Waals surface area (Å²) in [7, 11) is 0. The zero-order chi connectivity index (χ0) is 12.0. The molecule has 1 heterocycles. The molecule has 1 fully saturated rings. The average molecular weight is 247 g/mol. The van der Waals surface area contributed by atoms with Crippen molar-refractivity contribution in [1.82, 2.24) is 0 Å². The lowest BCUT2D eigenvalue weighted by molar-refractivity contribution is 0.127. The fraction of sp³-hybridized carbons (Fsp3) is 1.00. The summed E-state index contributed by atoms with van der Waals surface area (Å²) in [4.78, 5) is 0. The van der Waals surface area contributed by atoms with Crippen LogP contribution in [0.15, 0.2) is 0 Å². The van der Waals surface area contributed by atoms with Crippen LogP contribution in [-0.4, -0.2) is 41.0 Å². The Morgan fingerprint density at radius 2 is 2.31 bits per heavy atom. The van der Waals surface area contributed by atoms with Crippen LogP contribution in [0.3, 0.4) is 0 Å². The molecule has 16 heavy (non-hydrogen) atoms. The zero-order valence-electron chi connectivity index (χ0n) is 10.4. The van der Waals surface area contributed by atoms with E-state index in [9.17, 15) is 5.11 Å². The maximum absolute atomic E-state index is 9.19. The molecule has 1 rings (SSSR count).